The summed E-state index contributed by atoms with van der Waals surface area (Å²) in [6.07, 6.45) is 5.33. The summed E-state index contributed by atoms with van der Waals surface area (Å²) in [6.45, 7) is 1.83. The van der Waals surface area contributed by atoms with E-state index >= 15 is 0 Å². The van der Waals surface area contributed by atoms with Gasteiger partial charge >= 0.3 is 0 Å². The first-order chi connectivity index (χ1) is 15.9. The molecule has 0 aromatic heterocycles. The standard InChI is InChI=1S/C26H25ClN2O3S/c1-16-14-18(27)8-12-24(16)29-33(30,31)20-11-13-25-23(15-20)21-4-3-5-22(21)26(28-25)17-6-9-19(32-2)10-7-17/h3-4,6-15,21-22,26,28-29H,5H2,1-2H3/t21-,22+,26+/m0/s1. The van der Waals surface area contributed by atoms with E-state index in [1.54, 1.807) is 37.4 Å². The Morgan fingerprint density at radius 2 is 1.85 bits per heavy atom. The molecule has 33 heavy (non-hydrogen) atoms. The van der Waals surface area contributed by atoms with E-state index < -0.39 is 10.0 Å². The molecule has 3 atom stereocenters. The Kier molecular flexibility index (Phi) is 5.59. The SMILES string of the molecule is COc1ccc([C@H]2Nc3ccc(S(=O)(=O)Nc4ccc(Cl)cc4C)cc3[C@H]3C=CC[C@H]32)cc1. The van der Waals surface area contributed by atoms with Crippen molar-refractivity contribution in [3.63, 3.8) is 0 Å². The minimum Gasteiger partial charge on any atom is -0.497 e. The first kappa shape index (κ1) is 21.9. The van der Waals surface area contributed by atoms with Crippen LogP contribution in [0.25, 0.3) is 0 Å². The second kappa shape index (κ2) is 8.43. The van der Waals surface area contributed by atoms with Crippen molar-refractivity contribution >= 4 is 33.0 Å². The molecule has 170 valence electrons. The highest BCUT2D eigenvalue weighted by Crippen LogP contribution is 2.50. The highest BCUT2D eigenvalue weighted by atomic mass is 35.5. The summed E-state index contributed by atoms with van der Waals surface area (Å²) < 4.78 is 34.3. The number of ether oxygens (including phenoxy) is 1. The zero-order valence-corrected chi connectivity index (χ0v) is 20.0. The van der Waals surface area contributed by atoms with Gasteiger partial charge in [-0.05, 0) is 84.5 Å². The number of nitrogens with one attached hydrogen (secondary N) is 2. The predicted molar refractivity (Wildman–Crippen MR) is 133 cm³/mol. The van der Waals surface area contributed by atoms with E-state index in [2.05, 4.69) is 34.3 Å². The average molecular weight is 481 g/mol. The first-order valence-corrected chi connectivity index (χ1v) is 12.7. The van der Waals surface area contributed by atoms with Crippen LogP contribution in [0.15, 0.2) is 77.7 Å². The van der Waals surface area contributed by atoms with Gasteiger partial charge in [0.25, 0.3) is 10.0 Å². The van der Waals surface area contributed by atoms with Crippen molar-refractivity contribution in [1.82, 2.24) is 0 Å². The van der Waals surface area contributed by atoms with Gasteiger partial charge in [0.05, 0.1) is 23.7 Å². The molecule has 0 saturated heterocycles. The van der Waals surface area contributed by atoms with Gasteiger partial charge in [-0.2, -0.15) is 0 Å². The third-order valence-corrected chi connectivity index (χ3v) is 8.15. The molecule has 0 spiro atoms. The van der Waals surface area contributed by atoms with E-state index in [1.807, 2.05) is 25.1 Å². The first-order valence-electron chi connectivity index (χ1n) is 10.9. The number of rotatable bonds is 5. The van der Waals surface area contributed by atoms with Crippen LogP contribution in [0.4, 0.5) is 11.4 Å². The molecule has 0 bridgehead atoms. The van der Waals surface area contributed by atoms with Crippen LogP contribution < -0.4 is 14.8 Å². The van der Waals surface area contributed by atoms with Crippen molar-refractivity contribution < 1.29 is 13.2 Å². The van der Waals surface area contributed by atoms with Gasteiger partial charge < -0.3 is 10.1 Å². The van der Waals surface area contributed by atoms with Crippen LogP contribution in [0, 0.1) is 12.8 Å². The molecule has 1 heterocycles. The summed E-state index contributed by atoms with van der Waals surface area (Å²) in [5.41, 5.74) is 4.46. The molecule has 0 amide bonds. The Hall–Kier alpha value is -2.96. The number of allylic oxidation sites excluding steroid dienone is 2. The highest BCUT2D eigenvalue weighted by molar-refractivity contribution is 7.92. The zero-order chi connectivity index (χ0) is 23.2. The van der Waals surface area contributed by atoms with Crippen LogP contribution in [0.3, 0.4) is 0 Å². The van der Waals surface area contributed by atoms with E-state index in [0.717, 1.165) is 29.0 Å². The largest absolute Gasteiger partial charge is 0.497 e. The lowest BCUT2D eigenvalue weighted by Crippen LogP contribution is -2.29. The number of sulfonamides is 1. The van der Waals surface area contributed by atoms with Crippen LogP contribution in [0.5, 0.6) is 5.75 Å². The normalized spacial score (nSPS) is 21.1. The van der Waals surface area contributed by atoms with Gasteiger partial charge in [-0.25, -0.2) is 8.42 Å². The van der Waals surface area contributed by atoms with Gasteiger partial charge in [0, 0.05) is 16.6 Å². The fourth-order valence-corrected chi connectivity index (χ4v) is 6.22. The Bertz CT molecular complexity index is 1340. The van der Waals surface area contributed by atoms with E-state index in [0.29, 0.717) is 16.6 Å². The average Bonchev–Trinajstić information content (AvgIpc) is 3.30. The molecule has 0 radical (unpaired) electrons. The molecule has 2 N–H and O–H groups in total. The highest BCUT2D eigenvalue weighted by Gasteiger charge is 2.38. The Morgan fingerprint density at radius 3 is 2.58 bits per heavy atom. The number of hydrogen-bond donors (Lipinski definition) is 2. The summed E-state index contributed by atoms with van der Waals surface area (Å²) in [4.78, 5) is 0.249. The molecule has 2 aliphatic rings. The predicted octanol–water partition coefficient (Wildman–Crippen LogP) is 6.28. The monoisotopic (exact) mass is 480 g/mol. The molecule has 5 rings (SSSR count). The van der Waals surface area contributed by atoms with E-state index in [9.17, 15) is 8.42 Å². The van der Waals surface area contributed by atoms with Crippen molar-refractivity contribution in [2.24, 2.45) is 5.92 Å². The Morgan fingerprint density at radius 1 is 1.06 bits per heavy atom. The summed E-state index contributed by atoms with van der Waals surface area (Å²) in [6, 6.07) is 18.7. The fourth-order valence-electron chi connectivity index (χ4n) is 4.83. The van der Waals surface area contributed by atoms with Crippen molar-refractivity contribution in [3.05, 3.63) is 94.5 Å². The number of anilines is 2. The summed E-state index contributed by atoms with van der Waals surface area (Å²) in [5, 5.41) is 4.23. The zero-order valence-electron chi connectivity index (χ0n) is 18.4. The molecule has 0 unspecified atom stereocenters. The Balaban J connectivity index is 1.47. The van der Waals surface area contributed by atoms with Gasteiger partial charge in [-0.15, -0.1) is 0 Å². The molecule has 3 aromatic carbocycles. The van der Waals surface area contributed by atoms with Crippen molar-refractivity contribution in [2.75, 3.05) is 17.1 Å². The number of halogens is 1. The number of benzene rings is 3. The maximum absolute atomic E-state index is 13.2. The van der Waals surface area contributed by atoms with Crippen molar-refractivity contribution in [1.29, 1.82) is 0 Å². The van der Waals surface area contributed by atoms with Crippen LogP contribution in [-0.4, -0.2) is 15.5 Å². The minimum atomic E-state index is -3.74. The third kappa shape index (κ3) is 4.09. The number of aryl methyl sites for hydroxylation is 1. The number of methoxy groups -OCH3 is 1. The molecule has 7 heteroatoms. The van der Waals surface area contributed by atoms with Gasteiger partial charge in [-0.3, -0.25) is 4.72 Å². The lowest BCUT2D eigenvalue weighted by molar-refractivity contribution is 0.411. The number of hydrogen-bond acceptors (Lipinski definition) is 4. The van der Waals surface area contributed by atoms with Gasteiger partial charge in [0.1, 0.15) is 5.75 Å². The maximum atomic E-state index is 13.2. The molecule has 0 fully saturated rings. The molecular formula is C26H25ClN2O3S. The molecule has 3 aromatic rings. The minimum absolute atomic E-state index is 0.140. The fraction of sp³-hybridized carbons (Fsp3) is 0.231. The summed E-state index contributed by atoms with van der Waals surface area (Å²) in [7, 11) is -2.08. The smallest absolute Gasteiger partial charge is 0.261 e. The van der Waals surface area contributed by atoms with E-state index in [1.165, 1.54) is 5.56 Å². The van der Waals surface area contributed by atoms with Crippen LogP contribution >= 0.6 is 11.6 Å². The van der Waals surface area contributed by atoms with Crippen molar-refractivity contribution in [3.8, 4) is 5.75 Å². The topological polar surface area (TPSA) is 67.4 Å². The molecular weight excluding hydrogens is 456 g/mol. The molecule has 1 aliphatic carbocycles. The van der Waals surface area contributed by atoms with Gasteiger partial charge in [0.15, 0.2) is 0 Å². The van der Waals surface area contributed by atoms with Crippen LogP contribution in [0.1, 0.15) is 35.1 Å². The third-order valence-electron chi connectivity index (χ3n) is 6.55. The molecule has 5 nitrogen and oxygen atoms in total. The lowest BCUT2D eigenvalue weighted by Gasteiger charge is -2.37. The Labute approximate surface area is 199 Å². The quantitative estimate of drug-likeness (QED) is 0.421. The maximum Gasteiger partial charge on any atom is 0.261 e. The van der Waals surface area contributed by atoms with E-state index in [4.69, 9.17) is 16.3 Å². The van der Waals surface area contributed by atoms with E-state index in [-0.39, 0.29) is 16.9 Å². The summed E-state index contributed by atoms with van der Waals surface area (Å²) >= 11 is 6.01. The van der Waals surface area contributed by atoms with Gasteiger partial charge in [0.2, 0.25) is 0 Å². The van der Waals surface area contributed by atoms with Crippen molar-refractivity contribution in [2.45, 2.75) is 30.2 Å². The number of fused-ring (bicyclic) bond motifs is 3. The second-order valence-corrected chi connectivity index (χ2v) is 10.7. The second-order valence-electron chi connectivity index (χ2n) is 8.56. The molecule has 1 aliphatic heterocycles. The summed E-state index contributed by atoms with van der Waals surface area (Å²) in [5.74, 6) is 1.30. The van der Waals surface area contributed by atoms with Crippen LogP contribution in [-0.2, 0) is 10.0 Å². The lowest BCUT2D eigenvalue weighted by atomic mass is 9.77. The van der Waals surface area contributed by atoms with Crippen LogP contribution in [0.2, 0.25) is 5.02 Å². The molecule has 0 saturated carbocycles. The van der Waals surface area contributed by atoms with Gasteiger partial charge in [-0.1, -0.05) is 35.9 Å².